The molecule has 0 N–H and O–H groups in total. The van der Waals surface area contributed by atoms with Crippen molar-refractivity contribution in [1.29, 1.82) is 0 Å². The normalized spacial score (nSPS) is 20.7. The summed E-state index contributed by atoms with van der Waals surface area (Å²) < 4.78 is 3.94. The van der Waals surface area contributed by atoms with Crippen LogP contribution in [0.4, 0.5) is 0 Å². The van der Waals surface area contributed by atoms with E-state index in [-0.39, 0.29) is 5.56 Å². The maximum Gasteiger partial charge on any atom is 0.255 e. The second-order valence-corrected chi connectivity index (χ2v) is 8.97. The van der Waals surface area contributed by atoms with Gasteiger partial charge in [-0.25, -0.2) is 9.97 Å². The zero-order valence-corrected chi connectivity index (χ0v) is 18.1. The summed E-state index contributed by atoms with van der Waals surface area (Å²) in [4.78, 5) is 26.2. The topological polar surface area (TPSA) is 85.0 Å². The van der Waals surface area contributed by atoms with Crippen molar-refractivity contribution in [3.05, 3.63) is 70.2 Å². The van der Waals surface area contributed by atoms with Crippen molar-refractivity contribution >= 4 is 0 Å². The van der Waals surface area contributed by atoms with E-state index in [1.807, 2.05) is 41.7 Å². The molecular weight excluding hydrogens is 392 g/mol. The third-order valence-electron chi connectivity index (χ3n) is 6.44. The number of aryl methyl sites for hydroxylation is 1. The number of piperidine rings is 1. The number of likely N-dealkylation sites (tertiary alicyclic amines) is 1. The molecule has 0 spiro atoms. The maximum atomic E-state index is 13.3. The maximum absolute atomic E-state index is 13.3. The second kappa shape index (κ2) is 8.32. The third kappa shape index (κ3) is 4.15. The largest absolute Gasteiger partial charge is 0.320 e. The molecule has 0 radical (unpaired) electrons. The Morgan fingerprint density at radius 1 is 1.13 bits per heavy atom. The molecule has 0 amide bonds. The van der Waals surface area contributed by atoms with Crippen molar-refractivity contribution in [2.24, 2.45) is 13.0 Å². The van der Waals surface area contributed by atoms with E-state index < -0.39 is 0 Å². The number of pyridine rings is 1. The molecule has 1 fully saturated rings. The molecule has 0 unspecified atom stereocenters. The molecule has 3 aromatic heterocycles. The summed E-state index contributed by atoms with van der Waals surface area (Å²) in [6, 6.07) is 4.19. The Labute approximate surface area is 181 Å². The fraction of sp³-hybridized carbons (Fsp3) is 0.500. The summed E-state index contributed by atoms with van der Waals surface area (Å²) in [6.07, 6.45) is 8.20. The first-order valence-electron chi connectivity index (χ1n) is 10.8. The molecule has 2 bridgehead atoms. The van der Waals surface area contributed by atoms with Crippen LogP contribution in [0, 0.1) is 5.92 Å². The molecule has 5 heterocycles. The smallest absolute Gasteiger partial charge is 0.255 e. The van der Waals surface area contributed by atoms with E-state index in [2.05, 4.69) is 36.0 Å². The summed E-state index contributed by atoms with van der Waals surface area (Å²) >= 11 is 0. The molecule has 2 atom stereocenters. The lowest BCUT2D eigenvalue weighted by Gasteiger charge is -2.43. The summed E-state index contributed by atoms with van der Waals surface area (Å²) in [5.74, 6) is 1.79. The van der Waals surface area contributed by atoms with Gasteiger partial charge in [0, 0.05) is 74.9 Å². The molecule has 31 heavy (non-hydrogen) atoms. The Morgan fingerprint density at radius 2 is 1.97 bits per heavy atom. The van der Waals surface area contributed by atoms with Crippen LogP contribution < -0.4 is 5.56 Å². The number of fused-ring (bicyclic) bond motifs is 4. The van der Waals surface area contributed by atoms with Crippen molar-refractivity contribution in [2.75, 3.05) is 20.1 Å². The Kier molecular flexibility index (Phi) is 5.37. The molecule has 2 aliphatic rings. The minimum atomic E-state index is 0.155. The average Bonchev–Trinajstić information content (AvgIpc) is 3.15. The van der Waals surface area contributed by atoms with Gasteiger partial charge >= 0.3 is 0 Å². The fourth-order valence-electron chi connectivity index (χ4n) is 5.05. The van der Waals surface area contributed by atoms with Gasteiger partial charge < -0.3 is 9.13 Å². The van der Waals surface area contributed by atoms with Crippen LogP contribution in [0.1, 0.15) is 35.0 Å². The third-order valence-corrected chi connectivity index (χ3v) is 6.44. The zero-order valence-electron chi connectivity index (χ0n) is 18.1. The number of nitrogens with zero attached hydrogens (tertiary/aromatic N) is 8. The zero-order chi connectivity index (χ0) is 21.4. The second-order valence-electron chi connectivity index (χ2n) is 8.97. The molecule has 1 saturated heterocycles. The van der Waals surface area contributed by atoms with Gasteiger partial charge in [-0.15, -0.1) is 10.2 Å². The molecular formula is C22H28N8O. The van der Waals surface area contributed by atoms with Crippen LogP contribution in [0.3, 0.4) is 0 Å². The molecule has 0 aromatic carbocycles. The molecule has 0 saturated carbocycles. The predicted molar refractivity (Wildman–Crippen MR) is 115 cm³/mol. The van der Waals surface area contributed by atoms with Crippen LogP contribution in [0.2, 0.25) is 0 Å². The van der Waals surface area contributed by atoms with E-state index in [0.29, 0.717) is 24.9 Å². The first-order chi connectivity index (χ1) is 15.1. The van der Waals surface area contributed by atoms with Gasteiger partial charge in [0.25, 0.3) is 5.56 Å². The number of aromatic nitrogens is 6. The Balaban J connectivity index is 1.31. The SMILES string of the molecule is CN(Cc1ccc2n(c1=O)C[C@H]1C[C@@H]2CN(Cc2cncnc2)C1)Cc1nncn1C. The fourth-order valence-corrected chi connectivity index (χ4v) is 5.05. The lowest BCUT2D eigenvalue weighted by atomic mass is 9.83. The van der Waals surface area contributed by atoms with Gasteiger partial charge in [-0.05, 0) is 25.5 Å². The van der Waals surface area contributed by atoms with Gasteiger partial charge in [0.2, 0.25) is 0 Å². The number of rotatable bonds is 6. The van der Waals surface area contributed by atoms with Gasteiger partial charge in [0.05, 0.1) is 6.54 Å². The van der Waals surface area contributed by atoms with Crippen LogP contribution in [-0.4, -0.2) is 59.2 Å². The quantitative estimate of drug-likeness (QED) is 0.589. The highest BCUT2D eigenvalue weighted by atomic mass is 16.1. The van der Waals surface area contributed by atoms with Crippen LogP contribution >= 0.6 is 0 Å². The Hall–Kier alpha value is -2.91. The summed E-state index contributed by atoms with van der Waals surface area (Å²) in [5, 5.41) is 8.07. The minimum absolute atomic E-state index is 0.155. The summed E-state index contributed by atoms with van der Waals surface area (Å²) in [7, 11) is 3.95. The van der Waals surface area contributed by atoms with E-state index >= 15 is 0 Å². The first-order valence-corrected chi connectivity index (χ1v) is 10.8. The van der Waals surface area contributed by atoms with Gasteiger partial charge in [-0.3, -0.25) is 14.6 Å². The first kappa shape index (κ1) is 20.0. The Bertz CT molecular complexity index is 1110. The van der Waals surface area contributed by atoms with Gasteiger partial charge in [0.15, 0.2) is 0 Å². The van der Waals surface area contributed by atoms with Crippen molar-refractivity contribution < 1.29 is 0 Å². The standard InChI is InChI=1S/C22H28N8O/c1-27(13-21-26-25-15-28(21)2)11-18-3-4-20-19-5-16(10-30(20)22(18)31)8-29(12-19)9-17-6-23-14-24-7-17/h3-4,6-7,14-16,19H,5,8-13H2,1-2H3/t16-,19+/m0/s1. The summed E-state index contributed by atoms with van der Waals surface area (Å²) in [5.41, 5.74) is 3.31. The summed E-state index contributed by atoms with van der Waals surface area (Å²) in [6.45, 7) is 4.89. The average molecular weight is 421 g/mol. The predicted octanol–water partition coefficient (Wildman–Crippen LogP) is 1.02. The lowest BCUT2D eigenvalue weighted by Crippen LogP contribution is -2.47. The Morgan fingerprint density at radius 3 is 2.74 bits per heavy atom. The molecule has 9 nitrogen and oxygen atoms in total. The number of hydrogen-bond donors (Lipinski definition) is 0. The monoisotopic (exact) mass is 420 g/mol. The van der Waals surface area contributed by atoms with Crippen molar-refractivity contribution in [1.82, 2.24) is 39.1 Å². The molecule has 0 aliphatic carbocycles. The van der Waals surface area contributed by atoms with E-state index in [0.717, 1.165) is 49.6 Å². The van der Waals surface area contributed by atoms with Gasteiger partial charge in [0.1, 0.15) is 18.5 Å². The van der Waals surface area contributed by atoms with Crippen molar-refractivity contribution in [3.8, 4) is 0 Å². The van der Waals surface area contributed by atoms with E-state index in [1.54, 1.807) is 12.7 Å². The van der Waals surface area contributed by atoms with E-state index in [4.69, 9.17) is 0 Å². The molecule has 2 aliphatic heterocycles. The molecule has 3 aromatic rings. The van der Waals surface area contributed by atoms with Crippen molar-refractivity contribution in [3.63, 3.8) is 0 Å². The lowest BCUT2D eigenvalue weighted by molar-refractivity contribution is 0.114. The van der Waals surface area contributed by atoms with Crippen molar-refractivity contribution in [2.45, 2.75) is 38.5 Å². The minimum Gasteiger partial charge on any atom is -0.320 e. The van der Waals surface area contributed by atoms with E-state index in [1.165, 1.54) is 5.69 Å². The van der Waals surface area contributed by atoms with Crippen LogP contribution in [0.25, 0.3) is 0 Å². The molecule has 162 valence electrons. The highest BCUT2D eigenvalue weighted by Gasteiger charge is 2.35. The molecule has 9 heteroatoms. The van der Waals surface area contributed by atoms with Crippen LogP contribution in [0.15, 0.2) is 42.0 Å². The highest BCUT2D eigenvalue weighted by molar-refractivity contribution is 5.22. The van der Waals surface area contributed by atoms with Crippen LogP contribution in [0.5, 0.6) is 0 Å². The van der Waals surface area contributed by atoms with Gasteiger partial charge in [-0.1, -0.05) is 6.07 Å². The highest BCUT2D eigenvalue weighted by Crippen LogP contribution is 2.35. The van der Waals surface area contributed by atoms with Gasteiger partial charge in [-0.2, -0.15) is 0 Å². The number of hydrogen-bond acceptors (Lipinski definition) is 7. The van der Waals surface area contributed by atoms with Crippen LogP contribution in [-0.2, 0) is 33.2 Å². The molecule has 5 rings (SSSR count). The van der Waals surface area contributed by atoms with E-state index in [9.17, 15) is 4.79 Å².